The maximum atomic E-state index is 17.1. The molecule has 16 aliphatic rings. The summed E-state index contributed by atoms with van der Waals surface area (Å²) >= 11 is 0. The molecule has 410 valence electrons. The van der Waals surface area contributed by atoms with Crippen LogP contribution in [0.1, 0.15) is 133 Å². The smallest absolute Gasteiger partial charge is 0.160 e. The van der Waals surface area contributed by atoms with Crippen molar-refractivity contribution < 1.29 is 45.3 Å². The summed E-state index contributed by atoms with van der Waals surface area (Å²) in [6.45, 7) is -0.643. The minimum Gasteiger partial charge on any atom is -0.504 e. The lowest BCUT2D eigenvalue weighted by molar-refractivity contribution is -0.261. The van der Waals surface area contributed by atoms with Gasteiger partial charge in [0.1, 0.15) is 5.78 Å². The van der Waals surface area contributed by atoms with E-state index in [0.29, 0.717) is 55.6 Å². The summed E-state index contributed by atoms with van der Waals surface area (Å²) in [6.07, 6.45) is 15.7. The van der Waals surface area contributed by atoms with Crippen molar-refractivity contribution in [2.45, 2.75) is 143 Å². The maximum absolute atomic E-state index is 17.1. The molecule has 10 nitrogen and oxygen atoms in total. The van der Waals surface area contributed by atoms with E-state index in [0.717, 1.165) is 77.5 Å². The van der Waals surface area contributed by atoms with Gasteiger partial charge in [0.15, 0.2) is 23.0 Å². The number of rotatable bonds is 6. The first-order valence-electron chi connectivity index (χ1n) is 30.0. The van der Waals surface area contributed by atoms with E-state index in [1.807, 2.05) is 30.3 Å². The van der Waals surface area contributed by atoms with Crippen LogP contribution in [-0.2, 0) is 36.1 Å². The van der Waals surface area contributed by atoms with Crippen molar-refractivity contribution in [2.24, 2.45) is 58.2 Å². The lowest BCUT2D eigenvalue weighted by atomic mass is 9.23. The van der Waals surface area contributed by atoms with Crippen molar-refractivity contribution in [3.05, 3.63) is 152 Å². The van der Waals surface area contributed by atoms with Gasteiger partial charge in [-0.2, -0.15) is 0 Å². The molecule has 1 heterocycles. The van der Waals surface area contributed by atoms with Crippen LogP contribution in [0.15, 0.2) is 108 Å². The third-order valence-electron chi connectivity index (χ3n) is 24.2. The summed E-state index contributed by atoms with van der Waals surface area (Å²) in [5, 5.41) is 90.5. The number of allylic oxidation sites excluding steroid dienone is 5. The molecule has 1 saturated heterocycles. The van der Waals surface area contributed by atoms with Gasteiger partial charge in [-0.1, -0.05) is 96.5 Å². The highest BCUT2D eigenvalue weighted by Gasteiger charge is 2.84. The Morgan fingerprint density at radius 1 is 0.838 bits per heavy atom. The first-order chi connectivity index (χ1) is 38.8. The number of benzene rings is 4. The number of ketones is 1. The number of piperidine rings is 1. The molecule has 4 spiro atoms. The van der Waals surface area contributed by atoms with E-state index in [1.54, 1.807) is 6.07 Å². The van der Waals surface area contributed by atoms with Gasteiger partial charge >= 0.3 is 0 Å². The van der Waals surface area contributed by atoms with E-state index in [9.17, 15) is 30.6 Å². The van der Waals surface area contributed by atoms with Gasteiger partial charge in [-0.05, 0) is 180 Å². The van der Waals surface area contributed by atoms with Crippen molar-refractivity contribution in [3.8, 4) is 46.7 Å². The topological polar surface area (TPSA) is 180 Å². The van der Waals surface area contributed by atoms with Crippen LogP contribution in [0.2, 0.25) is 0 Å². The average molecular weight is 1070 g/mol. The second kappa shape index (κ2) is 17.2. The Kier molecular flexibility index (Phi) is 10.7. The lowest BCUT2D eigenvalue weighted by Crippen LogP contribution is -2.87. The molecular weight excluding hydrogens is 999 g/mol. The summed E-state index contributed by atoms with van der Waals surface area (Å²) in [5.41, 5.74) is 6.77. The summed E-state index contributed by atoms with van der Waals surface area (Å²) in [5.74, 6) is 11.4. The zero-order valence-electron chi connectivity index (χ0n) is 45.4. The lowest BCUT2D eigenvalue weighted by Gasteiger charge is -2.82. The monoisotopic (exact) mass is 1070 g/mol. The number of hydrogen-bond acceptors (Lipinski definition) is 10. The number of phenolic OH excluding ortho intramolecular Hbond substituents is 3. The molecule has 17 bridgehead atoms. The van der Waals surface area contributed by atoms with Crippen LogP contribution in [0.4, 0.5) is 0 Å². The van der Waals surface area contributed by atoms with E-state index in [-0.39, 0.29) is 82.7 Å². The van der Waals surface area contributed by atoms with Crippen LogP contribution in [0, 0.1) is 81.9 Å². The molecular formula is C70H71NO9. The molecule has 15 aliphatic carbocycles. The predicted molar refractivity (Wildman–Crippen MR) is 300 cm³/mol. The molecule has 0 amide bonds. The highest BCUT2D eigenvalue weighted by atomic mass is 16.5. The molecule has 4 aromatic rings. The van der Waals surface area contributed by atoms with Crippen molar-refractivity contribution in [1.29, 1.82) is 0 Å². The standard InChI is InChI=1S/C70H71NO9/c1-80-63-30-50(44(35-73)25-62(63)78)49-27-59(75)56-24-41-20-38-12-14-47(41)40(34-72)9-5-11-57-48(15-13-39(49)19-37-7-3-2-4-8-37)65-69(56,79)18-17-67(71-57)33-46-23-42-22-43(21-38)58(74)28-51(42)54-26-45-10-6-16-66(45)36-68(46,54)64-32-53(66)52-29-60(76)61(77)31-55(52)70(64,65)67/h2-4,7-8,12,14,20,22-23,25-26,29-31,39-40,45-46,48-49,51,53,56-58,64-65,71-74,76-79H,6,10-11,16-19,21,24,27-28,32-36H2,1H3. The molecule has 1 aliphatic heterocycles. The summed E-state index contributed by atoms with van der Waals surface area (Å²) in [7, 11) is 1.50. The fourth-order valence-corrected chi connectivity index (χ4v) is 21.5. The number of nitrogens with one attached hydrogen (secondary N) is 1. The van der Waals surface area contributed by atoms with E-state index in [4.69, 9.17) is 4.74 Å². The van der Waals surface area contributed by atoms with Crippen LogP contribution >= 0.6 is 0 Å². The van der Waals surface area contributed by atoms with Crippen LogP contribution in [0.5, 0.6) is 23.0 Å². The first-order valence-corrected chi connectivity index (χ1v) is 30.0. The second-order valence-electron chi connectivity index (χ2n) is 27.0. The molecule has 20 rings (SSSR count). The number of ether oxygens (including phenoxy) is 1. The third kappa shape index (κ3) is 6.33. The fraction of sp³-hybridized carbons (Fsp3) is 0.500. The van der Waals surface area contributed by atoms with Gasteiger partial charge in [-0.3, -0.25) is 4.79 Å². The predicted octanol–water partition coefficient (Wildman–Crippen LogP) is 9.01. The minimum absolute atomic E-state index is 0.00874. The largest absolute Gasteiger partial charge is 0.504 e. The van der Waals surface area contributed by atoms with E-state index >= 15 is 9.90 Å². The fourth-order valence-electron chi connectivity index (χ4n) is 21.5. The number of aliphatic hydroxyl groups is 4. The Labute approximate surface area is 468 Å². The van der Waals surface area contributed by atoms with Crippen molar-refractivity contribution in [2.75, 3.05) is 13.7 Å². The highest BCUT2D eigenvalue weighted by molar-refractivity contribution is 5.84. The minimum atomic E-state index is -1.70. The van der Waals surface area contributed by atoms with Crippen molar-refractivity contribution in [3.63, 3.8) is 0 Å². The Morgan fingerprint density at radius 3 is 2.51 bits per heavy atom. The third-order valence-corrected chi connectivity index (χ3v) is 24.2. The van der Waals surface area contributed by atoms with Gasteiger partial charge in [0.05, 0.1) is 43.9 Å². The number of carbonyl (C=O) groups is 1. The molecule has 18 unspecified atom stereocenters. The van der Waals surface area contributed by atoms with Gasteiger partial charge in [0, 0.05) is 64.8 Å². The number of hydrogen-bond donors (Lipinski definition) is 8. The second-order valence-corrected chi connectivity index (χ2v) is 27.0. The Bertz CT molecular complexity index is 3600. The highest BCUT2D eigenvalue weighted by Crippen LogP contribution is 2.85. The summed E-state index contributed by atoms with van der Waals surface area (Å²) < 4.78 is 5.77. The van der Waals surface area contributed by atoms with Crippen LogP contribution in [-0.4, -0.2) is 78.5 Å². The molecule has 18 atom stereocenters. The van der Waals surface area contributed by atoms with Gasteiger partial charge in [-0.15, -0.1) is 5.92 Å². The van der Waals surface area contributed by atoms with E-state index in [2.05, 4.69) is 77.6 Å². The van der Waals surface area contributed by atoms with E-state index in [1.165, 1.54) is 24.3 Å². The Hall–Kier alpha value is -6.11. The van der Waals surface area contributed by atoms with Crippen LogP contribution in [0.25, 0.3) is 0 Å². The maximum Gasteiger partial charge on any atom is 0.160 e. The van der Waals surface area contributed by atoms with Crippen molar-refractivity contribution in [1.82, 2.24) is 5.32 Å². The molecule has 4 saturated carbocycles. The van der Waals surface area contributed by atoms with Gasteiger partial charge in [0.25, 0.3) is 0 Å². The van der Waals surface area contributed by atoms with Gasteiger partial charge in [-0.25, -0.2) is 0 Å². The average Bonchev–Trinajstić information content (AvgIpc) is 0.852. The van der Waals surface area contributed by atoms with Crippen molar-refractivity contribution >= 4 is 5.78 Å². The molecule has 0 radical (unpaired) electrons. The zero-order chi connectivity index (χ0) is 54.4. The number of aromatic hydroxyl groups is 3. The number of carbonyl (C=O) groups excluding carboxylic acids is 1. The van der Waals surface area contributed by atoms with Gasteiger partial charge in [0.2, 0.25) is 0 Å². The number of phenols is 3. The molecule has 10 heteroatoms. The molecule has 4 aromatic carbocycles. The normalized spacial score (nSPS) is 41.3. The molecule has 80 heavy (non-hydrogen) atoms. The SMILES string of the molecule is COc1cc(C2CC(=O)C3Cc4cc5ccc4C(CO)C#CCC4NC67CCC3(O)C(C4C#CC2Cc2ccccc2)C62c3cc(O)c(O)cc3C3CC2C24CC36CCCC6C=C2C2CC(O)C(=CC2=CC4C7)C5)c(CO)cc1O. The summed E-state index contributed by atoms with van der Waals surface area (Å²) in [4.78, 5) is 17.1. The number of fused-ring (bicyclic) bond motifs is 5. The Morgan fingerprint density at radius 2 is 1.69 bits per heavy atom. The molecule has 5 fully saturated rings. The Balaban J connectivity index is 1.05. The quantitative estimate of drug-likeness (QED) is 0.0528. The zero-order valence-corrected chi connectivity index (χ0v) is 45.4. The van der Waals surface area contributed by atoms with Gasteiger partial charge < -0.3 is 45.8 Å². The number of aliphatic hydroxyl groups excluding tert-OH is 3. The molecule has 0 aromatic heterocycles. The number of methoxy groups -OCH3 is 1. The number of Topliss-reactive ketones (excluding diaryl/α,β-unsaturated/α-hetero) is 1. The van der Waals surface area contributed by atoms with Crippen LogP contribution in [0.3, 0.4) is 0 Å². The first kappa shape index (κ1) is 49.7. The summed E-state index contributed by atoms with van der Waals surface area (Å²) in [6, 6.07) is 23.2. The van der Waals surface area contributed by atoms with Crippen LogP contribution < -0.4 is 10.1 Å². The molecule has 8 N–H and O–H groups in total. The van der Waals surface area contributed by atoms with E-state index < -0.39 is 70.8 Å².